The number of carbonyl (C=O) groups is 1. The standard InChI is InChI=1S/C16H32N2O2/c1-4-5-6-9-12-18(13(2)3)16(20)17-14-10-7-8-11-15(14)19/h13-15,19H,4-12H2,1-3H3,(H,17,20)/t14-,15-/m0/s1. The van der Waals surface area contributed by atoms with Crippen LogP contribution >= 0.6 is 0 Å². The molecule has 0 unspecified atom stereocenters. The quantitative estimate of drug-likeness (QED) is 0.705. The summed E-state index contributed by atoms with van der Waals surface area (Å²) < 4.78 is 0. The third kappa shape index (κ3) is 5.70. The van der Waals surface area contributed by atoms with Crippen molar-refractivity contribution in [2.75, 3.05) is 6.54 Å². The third-order valence-corrected chi connectivity index (χ3v) is 4.18. The average Bonchev–Trinajstić information content (AvgIpc) is 2.40. The van der Waals surface area contributed by atoms with Crippen LogP contribution in [0.4, 0.5) is 4.79 Å². The second kappa shape index (κ2) is 9.22. The Kier molecular flexibility index (Phi) is 7.97. The van der Waals surface area contributed by atoms with E-state index in [0.717, 1.165) is 38.6 Å². The lowest BCUT2D eigenvalue weighted by Crippen LogP contribution is -2.52. The number of aliphatic hydroxyl groups excluding tert-OH is 1. The highest BCUT2D eigenvalue weighted by molar-refractivity contribution is 5.74. The van der Waals surface area contributed by atoms with Gasteiger partial charge in [0.1, 0.15) is 0 Å². The summed E-state index contributed by atoms with van der Waals surface area (Å²) in [7, 11) is 0. The number of amides is 2. The molecular weight excluding hydrogens is 252 g/mol. The number of nitrogens with one attached hydrogen (secondary N) is 1. The molecule has 0 aromatic carbocycles. The highest BCUT2D eigenvalue weighted by Gasteiger charge is 2.26. The molecule has 1 fully saturated rings. The van der Waals surface area contributed by atoms with Crippen LogP contribution in [0.3, 0.4) is 0 Å². The number of hydrogen-bond acceptors (Lipinski definition) is 2. The smallest absolute Gasteiger partial charge is 0.317 e. The predicted molar refractivity (Wildman–Crippen MR) is 82.8 cm³/mol. The molecule has 0 heterocycles. The number of hydrogen-bond donors (Lipinski definition) is 2. The van der Waals surface area contributed by atoms with Crippen LogP contribution in [0.5, 0.6) is 0 Å². The summed E-state index contributed by atoms with van der Waals surface area (Å²) in [4.78, 5) is 14.3. The molecule has 4 nitrogen and oxygen atoms in total. The SMILES string of the molecule is CCCCCCN(C(=O)N[C@H]1CCCC[C@@H]1O)C(C)C. The van der Waals surface area contributed by atoms with Gasteiger partial charge in [-0.2, -0.15) is 0 Å². The van der Waals surface area contributed by atoms with E-state index in [2.05, 4.69) is 26.1 Å². The van der Waals surface area contributed by atoms with Crippen LogP contribution < -0.4 is 5.32 Å². The Morgan fingerprint density at radius 1 is 1.25 bits per heavy atom. The molecule has 1 saturated carbocycles. The van der Waals surface area contributed by atoms with Crippen molar-refractivity contribution in [3.05, 3.63) is 0 Å². The van der Waals surface area contributed by atoms with Crippen molar-refractivity contribution in [2.24, 2.45) is 0 Å². The van der Waals surface area contributed by atoms with Gasteiger partial charge in [-0.15, -0.1) is 0 Å². The third-order valence-electron chi connectivity index (χ3n) is 4.18. The Morgan fingerprint density at radius 2 is 1.95 bits per heavy atom. The van der Waals surface area contributed by atoms with E-state index in [1.54, 1.807) is 0 Å². The van der Waals surface area contributed by atoms with Crippen molar-refractivity contribution < 1.29 is 9.90 Å². The summed E-state index contributed by atoms with van der Waals surface area (Å²) in [5.74, 6) is 0. The highest BCUT2D eigenvalue weighted by atomic mass is 16.3. The Labute approximate surface area is 123 Å². The van der Waals surface area contributed by atoms with Crippen LogP contribution in [0, 0.1) is 0 Å². The van der Waals surface area contributed by atoms with Gasteiger partial charge in [0, 0.05) is 12.6 Å². The molecule has 0 saturated heterocycles. The van der Waals surface area contributed by atoms with Gasteiger partial charge in [-0.05, 0) is 33.1 Å². The van der Waals surface area contributed by atoms with E-state index in [1.807, 2.05) is 4.90 Å². The van der Waals surface area contributed by atoms with Crippen molar-refractivity contribution in [2.45, 2.75) is 90.3 Å². The van der Waals surface area contributed by atoms with Crippen LogP contribution in [0.1, 0.15) is 72.1 Å². The second-order valence-corrected chi connectivity index (χ2v) is 6.26. The largest absolute Gasteiger partial charge is 0.391 e. The molecule has 0 bridgehead atoms. The van der Waals surface area contributed by atoms with E-state index in [0.29, 0.717) is 0 Å². The summed E-state index contributed by atoms with van der Waals surface area (Å²) in [5.41, 5.74) is 0. The van der Waals surface area contributed by atoms with Crippen LogP contribution in [0.15, 0.2) is 0 Å². The Bertz CT molecular complexity index is 282. The minimum atomic E-state index is -0.373. The van der Waals surface area contributed by atoms with Gasteiger partial charge < -0.3 is 15.3 Å². The fourth-order valence-corrected chi connectivity index (χ4v) is 2.82. The number of aliphatic hydroxyl groups is 1. The monoisotopic (exact) mass is 284 g/mol. The van der Waals surface area contributed by atoms with Crippen LogP contribution in [-0.2, 0) is 0 Å². The van der Waals surface area contributed by atoms with E-state index >= 15 is 0 Å². The fourth-order valence-electron chi connectivity index (χ4n) is 2.82. The van der Waals surface area contributed by atoms with Crippen molar-refractivity contribution in [3.8, 4) is 0 Å². The summed E-state index contributed by atoms with van der Waals surface area (Å²) in [6, 6.07) is 0.132. The van der Waals surface area contributed by atoms with Gasteiger partial charge in [-0.25, -0.2) is 4.79 Å². The second-order valence-electron chi connectivity index (χ2n) is 6.26. The molecule has 1 aliphatic carbocycles. The molecule has 0 aromatic rings. The first-order chi connectivity index (χ1) is 9.56. The minimum Gasteiger partial charge on any atom is -0.391 e. The van der Waals surface area contributed by atoms with Crippen molar-refractivity contribution in [1.29, 1.82) is 0 Å². The maximum Gasteiger partial charge on any atom is 0.317 e. The summed E-state index contributed by atoms with van der Waals surface area (Å²) in [6.07, 6.45) is 8.18. The molecule has 1 rings (SSSR count). The van der Waals surface area contributed by atoms with Crippen molar-refractivity contribution in [3.63, 3.8) is 0 Å². The number of carbonyl (C=O) groups excluding carboxylic acids is 1. The van der Waals surface area contributed by atoms with Gasteiger partial charge in [-0.3, -0.25) is 0 Å². The Morgan fingerprint density at radius 3 is 2.55 bits per heavy atom. The number of nitrogens with zero attached hydrogens (tertiary/aromatic N) is 1. The van der Waals surface area contributed by atoms with E-state index in [-0.39, 0.29) is 24.2 Å². The minimum absolute atomic E-state index is 0.0116. The number of urea groups is 1. The fraction of sp³-hybridized carbons (Fsp3) is 0.938. The average molecular weight is 284 g/mol. The molecule has 118 valence electrons. The molecule has 0 spiro atoms. The Balaban J connectivity index is 2.42. The first-order valence-electron chi connectivity index (χ1n) is 8.31. The van der Waals surface area contributed by atoms with Crippen LogP contribution in [0.25, 0.3) is 0 Å². The van der Waals surface area contributed by atoms with Gasteiger partial charge in [-0.1, -0.05) is 39.0 Å². The molecule has 0 aliphatic heterocycles. The zero-order valence-corrected chi connectivity index (χ0v) is 13.4. The van der Waals surface area contributed by atoms with Gasteiger partial charge in [0.05, 0.1) is 12.1 Å². The zero-order valence-electron chi connectivity index (χ0n) is 13.4. The molecule has 2 amide bonds. The molecule has 0 aromatic heterocycles. The van der Waals surface area contributed by atoms with E-state index in [4.69, 9.17) is 0 Å². The molecular formula is C16H32N2O2. The maximum atomic E-state index is 12.4. The van der Waals surface area contributed by atoms with Crippen molar-refractivity contribution >= 4 is 6.03 Å². The molecule has 2 N–H and O–H groups in total. The lowest BCUT2D eigenvalue weighted by molar-refractivity contribution is 0.0880. The van der Waals surface area contributed by atoms with Gasteiger partial charge in [0.2, 0.25) is 0 Å². The van der Waals surface area contributed by atoms with Crippen LogP contribution in [0.2, 0.25) is 0 Å². The topological polar surface area (TPSA) is 52.6 Å². The number of rotatable bonds is 7. The van der Waals surface area contributed by atoms with E-state index < -0.39 is 0 Å². The molecule has 0 radical (unpaired) electrons. The van der Waals surface area contributed by atoms with E-state index in [1.165, 1.54) is 19.3 Å². The zero-order chi connectivity index (χ0) is 15.0. The first-order valence-corrected chi connectivity index (χ1v) is 8.31. The van der Waals surface area contributed by atoms with Crippen molar-refractivity contribution in [1.82, 2.24) is 10.2 Å². The number of unbranched alkanes of at least 4 members (excludes halogenated alkanes) is 3. The van der Waals surface area contributed by atoms with Gasteiger partial charge in [0.15, 0.2) is 0 Å². The Hall–Kier alpha value is -0.770. The molecule has 2 atom stereocenters. The summed E-state index contributed by atoms with van der Waals surface area (Å²) in [5, 5.41) is 13.0. The summed E-state index contributed by atoms with van der Waals surface area (Å²) >= 11 is 0. The lowest BCUT2D eigenvalue weighted by atomic mass is 9.93. The van der Waals surface area contributed by atoms with Gasteiger partial charge in [0.25, 0.3) is 0 Å². The van der Waals surface area contributed by atoms with E-state index in [9.17, 15) is 9.90 Å². The molecule has 4 heteroatoms. The highest BCUT2D eigenvalue weighted by Crippen LogP contribution is 2.19. The molecule has 1 aliphatic rings. The van der Waals surface area contributed by atoms with Gasteiger partial charge >= 0.3 is 6.03 Å². The first kappa shape index (κ1) is 17.3. The predicted octanol–water partition coefficient (Wildman–Crippen LogP) is 3.29. The normalized spacial score (nSPS) is 22.9. The summed E-state index contributed by atoms with van der Waals surface area (Å²) in [6.45, 7) is 7.11. The maximum absolute atomic E-state index is 12.4. The lowest BCUT2D eigenvalue weighted by Gasteiger charge is -2.33. The molecule has 20 heavy (non-hydrogen) atoms. The van der Waals surface area contributed by atoms with Crippen LogP contribution in [-0.4, -0.2) is 40.8 Å².